The molecule has 0 radical (unpaired) electrons. The van der Waals surface area contributed by atoms with Crippen LogP contribution in [-0.4, -0.2) is 0 Å². The third-order valence-corrected chi connectivity index (χ3v) is 4.44. The van der Waals surface area contributed by atoms with Crippen LogP contribution in [0.1, 0.15) is 30.5 Å². The van der Waals surface area contributed by atoms with Crippen molar-refractivity contribution in [2.75, 3.05) is 5.32 Å². The van der Waals surface area contributed by atoms with Gasteiger partial charge in [-0.25, -0.2) is 4.39 Å². The van der Waals surface area contributed by atoms with E-state index in [-0.39, 0.29) is 11.9 Å². The Morgan fingerprint density at radius 2 is 1.75 bits per heavy atom. The van der Waals surface area contributed by atoms with E-state index >= 15 is 0 Å². The number of hydrogen-bond donors (Lipinski definition) is 1. The highest BCUT2D eigenvalue weighted by Crippen LogP contribution is 2.36. The van der Waals surface area contributed by atoms with Gasteiger partial charge in [-0.2, -0.15) is 0 Å². The van der Waals surface area contributed by atoms with Gasteiger partial charge in [-0.3, -0.25) is 0 Å². The molecule has 0 aromatic heterocycles. The van der Waals surface area contributed by atoms with Crippen LogP contribution in [0.3, 0.4) is 0 Å². The lowest BCUT2D eigenvalue weighted by atomic mass is 10.0. The molecule has 0 aliphatic heterocycles. The van der Waals surface area contributed by atoms with Gasteiger partial charge < -0.3 is 5.32 Å². The van der Waals surface area contributed by atoms with Crippen molar-refractivity contribution in [3.8, 4) is 0 Å². The molecule has 1 nitrogen and oxygen atoms in total. The summed E-state index contributed by atoms with van der Waals surface area (Å²) in [5, 5.41) is 3.42. The van der Waals surface area contributed by atoms with Gasteiger partial charge in [0.25, 0.3) is 0 Å². The fraction of sp³-hybridized carbons (Fsp3) is 0.250. The molecule has 106 valence electrons. The van der Waals surface area contributed by atoms with Crippen LogP contribution in [0.4, 0.5) is 10.1 Å². The van der Waals surface area contributed by atoms with E-state index in [1.165, 1.54) is 6.07 Å². The Kier molecular flexibility index (Phi) is 5.22. The van der Waals surface area contributed by atoms with Gasteiger partial charge in [0.15, 0.2) is 0 Å². The van der Waals surface area contributed by atoms with Gasteiger partial charge >= 0.3 is 0 Å². The van der Waals surface area contributed by atoms with Crippen molar-refractivity contribution >= 4 is 37.5 Å². The van der Waals surface area contributed by atoms with Gasteiger partial charge in [-0.1, -0.05) is 25.1 Å². The molecule has 2 aromatic carbocycles. The standard InChI is InChI=1S/C16H16Br2FN/c1-3-15(11-6-4-5-7-14(11)19)20-16-12(17)8-10(2)9-13(16)18/h4-9,15,20H,3H2,1-2H3. The topological polar surface area (TPSA) is 12.0 Å². The van der Waals surface area contributed by atoms with Crippen LogP contribution >= 0.6 is 31.9 Å². The molecule has 0 saturated carbocycles. The zero-order valence-corrected chi connectivity index (χ0v) is 14.6. The average molecular weight is 401 g/mol. The van der Waals surface area contributed by atoms with Gasteiger partial charge in [-0.05, 0) is 69.0 Å². The predicted octanol–water partition coefficient (Wildman–Crippen LogP) is 6.22. The molecule has 0 bridgehead atoms. The summed E-state index contributed by atoms with van der Waals surface area (Å²) in [6.07, 6.45) is 0.799. The largest absolute Gasteiger partial charge is 0.376 e. The van der Waals surface area contributed by atoms with E-state index in [1.54, 1.807) is 6.07 Å². The van der Waals surface area contributed by atoms with Crippen molar-refractivity contribution in [1.82, 2.24) is 0 Å². The van der Waals surface area contributed by atoms with E-state index in [1.807, 2.05) is 38.1 Å². The molecule has 0 heterocycles. The number of benzene rings is 2. The Morgan fingerprint density at radius 3 is 2.30 bits per heavy atom. The highest BCUT2D eigenvalue weighted by atomic mass is 79.9. The van der Waals surface area contributed by atoms with Crippen LogP contribution in [-0.2, 0) is 0 Å². The Labute approximate surface area is 135 Å². The first-order valence-corrected chi connectivity index (χ1v) is 8.08. The van der Waals surface area contributed by atoms with Crippen LogP contribution in [0.25, 0.3) is 0 Å². The molecule has 4 heteroatoms. The van der Waals surface area contributed by atoms with E-state index in [0.717, 1.165) is 26.6 Å². The summed E-state index contributed by atoms with van der Waals surface area (Å²) < 4.78 is 15.9. The molecule has 0 saturated heterocycles. The Hall–Kier alpha value is -0.870. The molecule has 1 N–H and O–H groups in total. The maximum absolute atomic E-state index is 13.9. The molecule has 0 aliphatic rings. The van der Waals surface area contributed by atoms with Gasteiger partial charge in [0.1, 0.15) is 5.82 Å². The quantitative estimate of drug-likeness (QED) is 0.641. The first kappa shape index (κ1) is 15.5. The normalized spacial score (nSPS) is 12.2. The third-order valence-electron chi connectivity index (χ3n) is 3.19. The molecule has 0 amide bonds. The van der Waals surface area contributed by atoms with Gasteiger partial charge in [0.05, 0.1) is 11.7 Å². The van der Waals surface area contributed by atoms with Crippen molar-refractivity contribution < 1.29 is 4.39 Å². The maximum Gasteiger partial charge on any atom is 0.128 e. The summed E-state index contributed by atoms with van der Waals surface area (Å²) in [5.41, 5.74) is 2.80. The molecule has 20 heavy (non-hydrogen) atoms. The monoisotopic (exact) mass is 399 g/mol. The lowest BCUT2D eigenvalue weighted by Gasteiger charge is -2.21. The first-order valence-electron chi connectivity index (χ1n) is 6.49. The smallest absolute Gasteiger partial charge is 0.128 e. The second-order valence-electron chi connectivity index (χ2n) is 4.73. The van der Waals surface area contributed by atoms with Crippen molar-refractivity contribution in [1.29, 1.82) is 0 Å². The SMILES string of the molecule is CCC(Nc1c(Br)cc(C)cc1Br)c1ccccc1F. The summed E-state index contributed by atoms with van der Waals surface area (Å²) in [6, 6.07) is 10.9. The molecular formula is C16H16Br2FN. The van der Waals surface area contributed by atoms with Crippen molar-refractivity contribution in [3.63, 3.8) is 0 Å². The Balaban J connectivity index is 2.35. The average Bonchev–Trinajstić information content (AvgIpc) is 2.39. The van der Waals surface area contributed by atoms with E-state index in [9.17, 15) is 4.39 Å². The Morgan fingerprint density at radius 1 is 1.15 bits per heavy atom. The fourth-order valence-electron chi connectivity index (χ4n) is 2.17. The second kappa shape index (κ2) is 6.72. The number of nitrogens with one attached hydrogen (secondary N) is 1. The minimum atomic E-state index is -0.175. The predicted molar refractivity (Wildman–Crippen MR) is 89.6 cm³/mol. The molecule has 0 fully saturated rings. The highest BCUT2D eigenvalue weighted by Gasteiger charge is 2.16. The van der Waals surface area contributed by atoms with Crippen molar-refractivity contribution in [3.05, 3.63) is 62.3 Å². The van der Waals surface area contributed by atoms with Crippen LogP contribution in [0.5, 0.6) is 0 Å². The summed E-state index contributed by atoms with van der Waals surface area (Å²) in [5.74, 6) is -0.175. The number of rotatable bonds is 4. The lowest BCUT2D eigenvalue weighted by Crippen LogP contribution is -2.12. The highest BCUT2D eigenvalue weighted by molar-refractivity contribution is 9.11. The van der Waals surface area contributed by atoms with Gasteiger partial charge in [0, 0.05) is 14.5 Å². The van der Waals surface area contributed by atoms with Crippen LogP contribution in [0, 0.1) is 12.7 Å². The fourth-order valence-corrected chi connectivity index (χ4v) is 3.81. The molecule has 1 atom stereocenters. The zero-order valence-electron chi connectivity index (χ0n) is 11.4. The van der Waals surface area contributed by atoms with Crippen molar-refractivity contribution in [2.45, 2.75) is 26.3 Å². The summed E-state index contributed by atoms with van der Waals surface area (Å²) in [4.78, 5) is 0. The van der Waals surface area contributed by atoms with E-state index < -0.39 is 0 Å². The maximum atomic E-state index is 13.9. The van der Waals surface area contributed by atoms with Gasteiger partial charge in [0.2, 0.25) is 0 Å². The minimum Gasteiger partial charge on any atom is -0.376 e. The first-order chi connectivity index (χ1) is 9.52. The number of aryl methyl sites for hydroxylation is 1. The second-order valence-corrected chi connectivity index (χ2v) is 6.44. The number of anilines is 1. The summed E-state index contributed by atoms with van der Waals surface area (Å²) in [6.45, 7) is 4.08. The van der Waals surface area contributed by atoms with E-state index in [2.05, 4.69) is 37.2 Å². The molecule has 2 rings (SSSR count). The molecule has 2 aromatic rings. The van der Waals surface area contributed by atoms with E-state index in [0.29, 0.717) is 5.56 Å². The zero-order chi connectivity index (χ0) is 14.7. The van der Waals surface area contributed by atoms with Crippen LogP contribution in [0.2, 0.25) is 0 Å². The number of halogens is 3. The molecular weight excluding hydrogens is 385 g/mol. The number of hydrogen-bond acceptors (Lipinski definition) is 1. The Bertz CT molecular complexity index is 590. The van der Waals surface area contributed by atoms with Gasteiger partial charge in [-0.15, -0.1) is 0 Å². The van der Waals surface area contributed by atoms with E-state index in [4.69, 9.17) is 0 Å². The molecule has 1 unspecified atom stereocenters. The summed E-state index contributed by atoms with van der Waals surface area (Å²) in [7, 11) is 0. The van der Waals surface area contributed by atoms with Crippen LogP contribution in [0.15, 0.2) is 45.3 Å². The van der Waals surface area contributed by atoms with Crippen LogP contribution < -0.4 is 5.32 Å². The molecule has 0 aliphatic carbocycles. The summed E-state index contributed by atoms with van der Waals surface area (Å²) >= 11 is 7.12. The third kappa shape index (κ3) is 3.41. The lowest BCUT2D eigenvalue weighted by molar-refractivity contribution is 0.587. The van der Waals surface area contributed by atoms with Crippen molar-refractivity contribution in [2.24, 2.45) is 0 Å². The minimum absolute atomic E-state index is 0.0634. The molecule has 0 spiro atoms.